The fraction of sp³-hybridized carbons (Fsp3) is 0.375. The highest BCUT2D eigenvalue weighted by atomic mass is 32.8. The Hall–Kier alpha value is -2.56. The minimum Gasteiger partial charge on any atom is -0.481 e. The molecule has 184 valence electrons. The van der Waals surface area contributed by atoms with E-state index in [-0.39, 0.29) is 11.5 Å². The highest BCUT2D eigenvalue weighted by Gasteiger charge is 2.19. The number of hydrogen-bond acceptors (Lipinski definition) is 5. The van der Waals surface area contributed by atoms with Crippen molar-refractivity contribution >= 4 is 43.5 Å². The summed E-state index contributed by atoms with van der Waals surface area (Å²) in [5.41, 5.74) is 2.68. The number of ether oxygens (including phenoxy) is 1. The molecule has 3 aromatic rings. The molecule has 2 N–H and O–H groups in total. The maximum Gasteiger partial charge on any atom is 0.223 e. The maximum atomic E-state index is 13.1. The number of fused-ring (bicyclic) bond motifs is 1. The van der Waals surface area contributed by atoms with Crippen molar-refractivity contribution in [3.8, 4) is 5.88 Å². The normalized spacial score (nSPS) is 12.5. The highest BCUT2D eigenvalue weighted by molar-refractivity contribution is 8.27. The Balaban J connectivity index is 0.000000270. The molecule has 6 nitrogen and oxygen atoms in total. The number of rotatable bonds is 6. The smallest absolute Gasteiger partial charge is 0.223 e. The second-order valence-corrected chi connectivity index (χ2v) is 9.83. The Labute approximate surface area is 206 Å². The van der Waals surface area contributed by atoms with E-state index in [2.05, 4.69) is 23.8 Å². The van der Waals surface area contributed by atoms with Gasteiger partial charge in [0.15, 0.2) is 5.65 Å². The van der Waals surface area contributed by atoms with Crippen LogP contribution in [0.3, 0.4) is 0 Å². The number of carbonyl (C=O) groups is 1. The first-order valence-electron chi connectivity index (χ1n) is 10.8. The van der Waals surface area contributed by atoms with E-state index in [0.29, 0.717) is 28.8 Å². The van der Waals surface area contributed by atoms with E-state index < -0.39 is 21.3 Å². The predicted octanol–water partition coefficient (Wildman–Crippen LogP) is 4.97. The summed E-state index contributed by atoms with van der Waals surface area (Å²) in [5, 5.41) is 6.32. The van der Waals surface area contributed by atoms with Crippen LogP contribution in [0.15, 0.2) is 35.4 Å². The van der Waals surface area contributed by atoms with Gasteiger partial charge in [0.05, 0.1) is 19.0 Å². The Bertz CT molecular complexity index is 1180. The largest absolute Gasteiger partial charge is 0.481 e. The van der Waals surface area contributed by atoms with Crippen molar-refractivity contribution in [2.24, 2.45) is 5.14 Å². The Morgan fingerprint density at radius 1 is 1.26 bits per heavy atom. The van der Waals surface area contributed by atoms with Crippen molar-refractivity contribution in [3.05, 3.63) is 53.2 Å². The number of hydrogen-bond donors (Lipinski definition) is 1. The summed E-state index contributed by atoms with van der Waals surface area (Å²) in [5.74, 6) is -0.293. The van der Waals surface area contributed by atoms with Gasteiger partial charge in [-0.05, 0) is 63.4 Å². The number of benzene rings is 1. The van der Waals surface area contributed by atoms with Crippen LogP contribution < -0.4 is 14.8 Å². The molecule has 2 atom stereocenters. The van der Waals surface area contributed by atoms with Crippen molar-refractivity contribution in [3.63, 3.8) is 0 Å². The topological polar surface area (TPSA) is 81.3 Å². The number of methoxy groups -OCH3 is 1. The molecular formula is C24H30F2N4O2S2. The van der Waals surface area contributed by atoms with Crippen LogP contribution in [-0.2, 0) is 32.0 Å². The summed E-state index contributed by atoms with van der Waals surface area (Å²) in [6, 6.07) is 6.20. The van der Waals surface area contributed by atoms with Crippen molar-refractivity contribution in [1.82, 2.24) is 9.97 Å². The number of aromatic nitrogens is 2. The predicted molar refractivity (Wildman–Crippen MR) is 137 cm³/mol. The molecule has 1 amide bonds. The van der Waals surface area contributed by atoms with E-state index in [9.17, 15) is 13.6 Å². The number of amides is 1. The summed E-state index contributed by atoms with van der Waals surface area (Å²) in [4.78, 5) is 22.4. The summed E-state index contributed by atoms with van der Waals surface area (Å²) in [6.07, 6.45) is 3.02. The molecule has 1 aromatic carbocycles. The molecule has 0 fully saturated rings. The zero-order valence-corrected chi connectivity index (χ0v) is 21.8. The molecule has 0 saturated carbocycles. The van der Waals surface area contributed by atoms with E-state index >= 15 is 0 Å². The lowest BCUT2D eigenvalue weighted by Crippen LogP contribution is -2.24. The zero-order chi connectivity index (χ0) is 25.6. The Kier molecular flexibility index (Phi) is 9.96. The Morgan fingerprint density at radius 3 is 2.35 bits per heavy atom. The summed E-state index contributed by atoms with van der Waals surface area (Å²) in [6.45, 7) is 7.52. The fourth-order valence-corrected chi connectivity index (χ4v) is 4.10. The van der Waals surface area contributed by atoms with Gasteiger partial charge in [0.2, 0.25) is 11.8 Å². The minimum atomic E-state index is -1.01. The molecule has 34 heavy (non-hydrogen) atoms. The van der Waals surface area contributed by atoms with Gasteiger partial charge < -0.3 is 9.64 Å². The SMILES string of the molecule is CCC(C)c1c(N(C)C(C)=O)cnc2nc(OC)ccc12.CCc1c(F)cc(S(N)=S)cc1F. The first-order chi connectivity index (χ1) is 16.0. The minimum absolute atomic E-state index is 0.0119. The number of nitrogens with two attached hydrogens (primary N) is 1. The van der Waals surface area contributed by atoms with Crippen LogP contribution in [-0.4, -0.2) is 30.0 Å². The van der Waals surface area contributed by atoms with Gasteiger partial charge >= 0.3 is 0 Å². The third-order valence-electron chi connectivity index (χ3n) is 5.57. The van der Waals surface area contributed by atoms with Crippen molar-refractivity contribution < 1.29 is 18.3 Å². The quantitative estimate of drug-likeness (QED) is 0.506. The molecule has 2 heterocycles. The molecule has 0 aliphatic heterocycles. The lowest BCUT2D eigenvalue weighted by atomic mass is 9.94. The van der Waals surface area contributed by atoms with Gasteiger partial charge in [-0.1, -0.05) is 20.8 Å². The molecule has 0 aliphatic carbocycles. The molecule has 2 unspecified atom stereocenters. The van der Waals surface area contributed by atoms with Crippen LogP contribution in [0.2, 0.25) is 0 Å². The third kappa shape index (κ3) is 6.31. The van der Waals surface area contributed by atoms with Crippen molar-refractivity contribution in [2.75, 3.05) is 19.1 Å². The standard InChI is InChI=1S/C16H21N3O2.C8H9F2NS2/c1-6-10(2)15-12-7-8-14(21-5)18-16(12)17-9-13(15)19(4)11(3)20;1-2-6-7(9)3-5(13(11)12)4-8(6)10/h7-10H,6H2,1-5H3;3-4H,2,11H2,1H3. The molecular weight excluding hydrogens is 478 g/mol. The zero-order valence-electron chi connectivity index (χ0n) is 20.2. The molecule has 10 heteroatoms. The number of anilines is 1. The van der Waals surface area contributed by atoms with Crippen LogP contribution in [0.5, 0.6) is 5.88 Å². The second kappa shape index (κ2) is 12.2. The van der Waals surface area contributed by atoms with Crippen LogP contribution in [0.25, 0.3) is 11.0 Å². The van der Waals surface area contributed by atoms with Gasteiger partial charge in [-0.2, -0.15) is 4.98 Å². The van der Waals surface area contributed by atoms with Crippen LogP contribution in [0.1, 0.15) is 51.2 Å². The molecule has 2 aromatic heterocycles. The van der Waals surface area contributed by atoms with Crippen molar-refractivity contribution in [2.45, 2.75) is 51.3 Å². The number of nitrogens with zero attached hydrogens (tertiary/aromatic N) is 3. The van der Waals surface area contributed by atoms with E-state index in [1.54, 1.807) is 39.1 Å². The molecule has 0 bridgehead atoms. The van der Waals surface area contributed by atoms with E-state index in [1.165, 1.54) is 12.1 Å². The molecule has 0 radical (unpaired) electrons. The monoisotopic (exact) mass is 508 g/mol. The highest BCUT2D eigenvalue weighted by Crippen LogP contribution is 2.34. The van der Waals surface area contributed by atoms with Gasteiger partial charge in [-0.3, -0.25) is 9.93 Å². The van der Waals surface area contributed by atoms with Gasteiger partial charge in [0.1, 0.15) is 11.6 Å². The lowest BCUT2D eigenvalue weighted by molar-refractivity contribution is -0.116. The molecule has 0 aliphatic rings. The second-order valence-electron chi connectivity index (χ2n) is 7.69. The molecule has 0 saturated heterocycles. The maximum absolute atomic E-state index is 13.1. The van der Waals surface area contributed by atoms with Gasteiger partial charge in [0.25, 0.3) is 0 Å². The van der Waals surface area contributed by atoms with Crippen LogP contribution >= 0.6 is 0 Å². The van der Waals surface area contributed by atoms with Gasteiger partial charge in [-0.15, -0.1) is 0 Å². The third-order valence-corrected chi connectivity index (χ3v) is 6.85. The summed E-state index contributed by atoms with van der Waals surface area (Å²) < 4.78 is 31.4. The van der Waals surface area contributed by atoms with Gasteiger partial charge in [0, 0.05) is 35.9 Å². The van der Waals surface area contributed by atoms with Crippen molar-refractivity contribution in [1.29, 1.82) is 0 Å². The van der Waals surface area contributed by atoms with Crippen LogP contribution in [0, 0.1) is 11.6 Å². The number of pyridine rings is 2. The summed E-state index contributed by atoms with van der Waals surface area (Å²) in [7, 11) is 2.35. The van der Waals surface area contributed by atoms with Gasteiger partial charge in [-0.25, -0.2) is 13.8 Å². The Morgan fingerprint density at radius 2 is 1.88 bits per heavy atom. The lowest BCUT2D eigenvalue weighted by Gasteiger charge is -2.23. The average molecular weight is 509 g/mol. The van der Waals surface area contributed by atoms with E-state index in [1.807, 2.05) is 12.1 Å². The first-order valence-corrected chi connectivity index (χ1v) is 13.0. The van der Waals surface area contributed by atoms with Crippen LogP contribution in [0.4, 0.5) is 14.5 Å². The average Bonchev–Trinajstić information content (AvgIpc) is 2.81. The number of halogens is 2. The number of carbonyl (C=O) groups excluding carboxylic acids is 1. The van der Waals surface area contributed by atoms with E-state index in [0.717, 1.165) is 23.1 Å². The molecule has 0 spiro atoms. The summed E-state index contributed by atoms with van der Waals surface area (Å²) >= 11 is 4.72. The first kappa shape index (κ1) is 27.7. The molecule has 3 rings (SSSR count). The fourth-order valence-electron chi connectivity index (χ4n) is 3.38. The van der Waals surface area contributed by atoms with E-state index in [4.69, 9.17) is 21.1 Å².